The number of piperidine rings is 1. The Morgan fingerprint density at radius 3 is 2.81 bits per heavy atom. The molecule has 1 aromatic carbocycles. The van der Waals surface area contributed by atoms with Crippen LogP contribution in [0.3, 0.4) is 0 Å². The lowest BCUT2D eigenvalue weighted by molar-refractivity contribution is -0.0493. The van der Waals surface area contributed by atoms with Crippen LogP contribution in [-0.2, 0) is 10.0 Å². The van der Waals surface area contributed by atoms with Gasteiger partial charge in [0.25, 0.3) is 0 Å². The van der Waals surface area contributed by atoms with E-state index in [1.165, 1.54) is 18.2 Å². The number of anilines is 1. The van der Waals surface area contributed by atoms with Crippen LogP contribution < -0.4 is 14.8 Å². The van der Waals surface area contributed by atoms with Gasteiger partial charge in [-0.25, -0.2) is 8.42 Å². The van der Waals surface area contributed by atoms with E-state index in [9.17, 15) is 17.2 Å². The fourth-order valence-corrected chi connectivity index (χ4v) is 3.83. The van der Waals surface area contributed by atoms with Gasteiger partial charge in [-0.1, -0.05) is 12.1 Å². The molecule has 0 bridgehead atoms. The topological polar surface area (TPSA) is 67.4 Å². The minimum Gasteiger partial charge on any atom is -0.433 e. The van der Waals surface area contributed by atoms with Crippen molar-refractivity contribution < 1.29 is 21.9 Å². The van der Waals surface area contributed by atoms with Crippen molar-refractivity contribution in [3.8, 4) is 5.75 Å². The smallest absolute Gasteiger partial charge is 0.387 e. The Morgan fingerprint density at radius 1 is 1.38 bits per heavy atom. The molecule has 1 atom stereocenters. The zero-order chi connectivity index (χ0) is 15.3. The number of para-hydroxylation sites is 2. The van der Waals surface area contributed by atoms with Crippen LogP contribution in [-0.4, -0.2) is 33.9 Å². The minimum absolute atomic E-state index is 0.0272. The summed E-state index contributed by atoms with van der Waals surface area (Å²) in [5.74, 6) is -0.194. The van der Waals surface area contributed by atoms with Crippen molar-refractivity contribution in [3.63, 3.8) is 0 Å². The van der Waals surface area contributed by atoms with E-state index in [4.69, 9.17) is 0 Å². The van der Waals surface area contributed by atoms with E-state index < -0.39 is 16.6 Å². The molecule has 1 aliphatic rings. The summed E-state index contributed by atoms with van der Waals surface area (Å²) in [5, 5.41) is 3.14. The average molecular weight is 320 g/mol. The molecule has 1 saturated heterocycles. The Kier molecular flexibility index (Phi) is 5.35. The zero-order valence-corrected chi connectivity index (χ0v) is 12.2. The lowest BCUT2D eigenvalue weighted by Crippen LogP contribution is -2.35. The first-order valence-electron chi connectivity index (χ1n) is 6.71. The fourth-order valence-electron chi connectivity index (χ4n) is 2.34. The SMILES string of the molecule is O=S(=O)(CC1CCCNC1)Nc1ccccc1OC(F)F. The van der Waals surface area contributed by atoms with Crippen LogP contribution in [0.5, 0.6) is 5.75 Å². The van der Waals surface area contributed by atoms with E-state index in [0.29, 0.717) is 6.54 Å². The van der Waals surface area contributed by atoms with Gasteiger partial charge in [0.05, 0.1) is 11.4 Å². The van der Waals surface area contributed by atoms with Crippen molar-refractivity contribution >= 4 is 15.7 Å². The van der Waals surface area contributed by atoms with E-state index in [-0.39, 0.29) is 23.1 Å². The van der Waals surface area contributed by atoms with Gasteiger partial charge in [0, 0.05) is 0 Å². The first-order valence-corrected chi connectivity index (χ1v) is 8.36. The lowest BCUT2D eigenvalue weighted by Gasteiger charge is -2.23. The highest BCUT2D eigenvalue weighted by Crippen LogP contribution is 2.27. The van der Waals surface area contributed by atoms with Crippen molar-refractivity contribution in [2.75, 3.05) is 23.6 Å². The van der Waals surface area contributed by atoms with Gasteiger partial charge in [-0.2, -0.15) is 8.78 Å². The maximum atomic E-state index is 12.3. The number of halogens is 2. The molecule has 2 N–H and O–H groups in total. The standard InChI is InChI=1S/C13H18F2N2O3S/c14-13(15)20-12-6-2-1-5-11(12)17-21(18,19)9-10-4-3-7-16-8-10/h1-2,5-6,10,13,16-17H,3-4,7-9H2. The van der Waals surface area contributed by atoms with Gasteiger partial charge in [0.15, 0.2) is 0 Å². The monoisotopic (exact) mass is 320 g/mol. The number of nitrogens with one attached hydrogen (secondary N) is 2. The Bertz CT molecular complexity index is 560. The first kappa shape index (κ1) is 16.0. The largest absolute Gasteiger partial charge is 0.433 e. The number of benzene rings is 1. The number of hydrogen-bond acceptors (Lipinski definition) is 4. The second kappa shape index (κ2) is 7.04. The van der Waals surface area contributed by atoms with Gasteiger partial charge in [-0.15, -0.1) is 0 Å². The third-order valence-corrected chi connectivity index (χ3v) is 4.66. The van der Waals surface area contributed by atoms with Gasteiger partial charge in [0.1, 0.15) is 5.75 Å². The van der Waals surface area contributed by atoms with Crippen LogP contribution in [0.4, 0.5) is 14.5 Å². The summed E-state index contributed by atoms with van der Waals surface area (Å²) in [5.41, 5.74) is 0.0292. The van der Waals surface area contributed by atoms with Gasteiger partial charge in [-0.3, -0.25) is 4.72 Å². The highest BCUT2D eigenvalue weighted by atomic mass is 32.2. The molecule has 118 valence electrons. The van der Waals surface area contributed by atoms with Crippen LogP contribution in [0, 0.1) is 5.92 Å². The molecule has 0 radical (unpaired) electrons. The number of sulfonamides is 1. The van der Waals surface area contributed by atoms with Gasteiger partial charge >= 0.3 is 6.61 Å². The van der Waals surface area contributed by atoms with Gasteiger partial charge in [-0.05, 0) is 44.0 Å². The third-order valence-electron chi connectivity index (χ3n) is 3.22. The molecule has 1 aliphatic heterocycles. The molecule has 0 aromatic heterocycles. The van der Waals surface area contributed by atoms with E-state index in [1.54, 1.807) is 6.07 Å². The van der Waals surface area contributed by atoms with Crippen LogP contribution >= 0.6 is 0 Å². The second-order valence-electron chi connectivity index (χ2n) is 4.97. The molecule has 1 heterocycles. The molecule has 21 heavy (non-hydrogen) atoms. The van der Waals surface area contributed by atoms with Crippen LogP contribution in [0.25, 0.3) is 0 Å². The Hall–Kier alpha value is -1.41. The second-order valence-corrected chi connectivity index (χ2v) is 6.74. The maximum Gasteiger partial charge on any atom is 0.387 e. The summed E-state index contributed by atoms with van der Waals surface area (Å²) in [4.78, 5) is 0. The van der Waals surface area contributed by atoms with E-state index in [2.05, 4.69) is 14.8 Å². The molecule has 1 fully saturated rings. The molecule has 0 saturated carbocycles. The summed E-state index contributed by atoms with van der Waals surface area (Å²) >= 11 is 0. The number of hydrogen-bond donors (Lipinski definition) is 2. The molecule has 0 amide bonds. The van der Waals surface area contributed by atoms with Crippen molar-refractivity contribution in [1.29, 1.82) is 0 Å². The summed E-state index contributed by atoms with van der Waals surface area (Å²) in [6.07, 6.45) is 1.77. The number of ether oxygens (including phenoxy) is 1. The van der Waals surface area contributed by atoms with Crippen molar-refractivity contribution in [2.45, 2.75) is 19.5 Å². The Balaban J connectivity index is 2.05. The average Bonchev–Trinajstić information content (AvgIpc) is 2.41. The quantitative estimate of drug-likeness (QED) is 0.841. The molecule has 0 spiro atoms. The number of alkyl halides is 2. The van der Waals surface area contributed by atoms with E-state index in [0.717, 1.165) is 19.4 Å². The summed E-state index contributed by atoms with van der Waals surface area (Å²) in [6.45, 7) is -1.45. The van der Waals surface area contributed by atoms with Crippen LogP contribution in [0.2, 0.25) is 0 Å². The Labute approximate surface area is 122 Å². The van der Waals surface area contributed by atoms with E-state index in [1.807, 2.05) is 0 Å². The zero-order valence-electron chi connectivity index (χ0n) is 11.4. The highest BCUT2D eigenvalue weighted by Gasteiger charge is 2.22. The highest BCUT2D eigenvalue weighted by molar-refractivity contribution is 7.92. The van der Waals surface area contributed by atoms with E-state index >= 15 is 0 Å². The molecule has 1 aromatic rings. The molecule has 8 heteroatoms. The number of rotatable bonds is 6. The minimum atomic E-state index is -3.61. The van der Waals surface area contributed by atoms with Crippen LogP contribution in [0.15, 0.2) is 24.3 Å². The maximum absolute atomic E-state index is 12.3. The van der Waals surface area contributed by atoms with Crippen molar-refractivity contribution in [1.82, 2.24) is 5.32 Å². The third kappa shape index (κ3) is 5.13. The Morgan fingerprint density at radius 2 is 2.14 bits per heavy atom. The predicted octanol–water partition coefficient (Wildman–Crippen LogP) is 2.03. The molecule has 1 unspecified atom stereocenters. The van der Waals surface area contributed by atoms with Gasteiger partial charge in [0.2, 0.25) is 10.0 Å². The molecule has 5 nitrogen and oxygen atoms in total. The molecular weight excluding hydrogens is 302 g/mol. The molecule has 0 aliphatic carbocycles. The first-order chi connectivity index (χ1) is 9.96. The molecule has 2 rings (SSSR count). The van der Waals surface area contributed by atoms with Crippen molar-refractivity contribution in [3.05, 3.63) is 24.3 Å². The predicted molar refractivity (Wildman–Crippen MR) is 76.1 cm³/mol. The fraction of sp³-hybridized carbons (Fsp3) is 0.538. The van der Waals surface area contributed by atoms with Crippen LogP contribution in [0.1, 0.15) is 12.8 Å². The summed E-state index contributed by atoms with van der Waals surface area (Å²) < 4.78 is 55.5. The van der Waals surface area contributed by atoms with Crippen molar-refractivity contribution in [2.24, 2.45) is 5.92 Å². The summed E-state index contributed by atoms with van der Waals surface area (Å²) in [6, 6.07) is 5.75. The lowest BCUT2D eigenvalue weighted by atomic mass is 10.0. The molecular formula is C13H18F2N2O3S. The van der Waals surface area contributed by atoms with Gasteiger partial charge < -0.3 is 10.1 Å². The normalized spacial score (nSPS) is 19.5. The summed E-state index contributed by atoms with van der Waals surface area (Å²) in [7, 11) is -3.61.